The van der Waals surface area contributed by atoms with Gasteiger partial charge < -0.3 is 24.4 Å². The van der Waals surface area contributed by atoms with Crippen LogP contribution in [-0.2, 0) is 6.61 Å². The minimum atomic E-state index is -0.425. The molecule has 1 aromatic carbocycles. The predicted octanol–water partition coefficient (Wildman–Crippen LogP) is 2.03. The van der Waals surface area contributed by atoms with Crippen molar-refractivity contribution in [2.24, 2.45) is 0 Å². The summed E-state index contributed by atoms with van der Waals surface area (Å²) in [6.45, 7) is 1.60. The number of nitrogens with zero attached hydrogens (tertiary/aromatic N) is 1. The van der Waals surface area contributed by atoms with Crippen molar-refractivity contribution in [3.8, 4) is 11.5 Å². The molecule has 0 radical (unpaired) electrons. The lowest BCUT2D eigenvalue weighted by Gasteiger charge is -2.09. The van der Waals surface area contributed by atoms with Crippen molar-refractivity contribution >= 4 is 17.5 Å². The molecule has 1 aromatic heterocycles. The number of amides is 1. The summed E-state index contributed by atoms with van der Waals surface area (Å²) >= 11 is 5.88. The summed E-state index contributed by atoms with van der Waals surface area (Å²) < 4.78 is 15.8. The highest BCUT2D eigenvalue weighted by Gasteiger charge is 2.15. The molecule has 0 bridgehead atoms. The van der Waals surface area contributed by atoms with Crippen molar-refractivity contribution in [2.45, 2.75) is 19.6 Å². The fourth-order valence-corrected chi connectivity index (χ4v) is 1.90. The van der Waals surface area contributed by atoms with Crippen molar-refractivity contribution in [2.75, 3.05) is 13.7 Å². The van der Waals surface area contributed by atoms with E-state index in [2.05, 4.69) is 10.5 Å². The van der Waals surface area contributed by atoms with E-state index in [1.54, 1.807) is 25.1 Å². The summed E-state index contributed by atoms with van der Waals surface area (Å²) in [5, 5.41) is 15.7. The van der Waals surface area contributed by atoms with Gasteiger partial charge in [0, 0.05) is 23.2 Å². The Morgan fingerprint density at radius 3 is 2.91 bits per heavy atom. The predicted molar refractivity (Wildman–Crippen MR) is 82.9 cm³/mol. The third-order valence-electron chi connectivity index (χ3n) is 2.94. The van der Waals surface area contributed by atoms with E-state index < -0.39 is 5.91 Å². The van der Waals surface area contributed by atoms with Crippen LogP contribution in [0.15, 0.2) is 28.8 Å². The third kappa shape index (κ3) is 4.61. The molecule has 0 saturated carbocycles. The standard InChI is InChI=1S/C15H17ClN2O5/c1-9(7-19)17-15(20)12-6-11(23-18-12)8-22-13-4-3-10(16)5-14(13)21-2/h3-6,9,19H,7-8H2,1-2H3,(H,17,20)/t9-/m0/s1. The lowest BCUT2D eigenvalue weighted by molar-refractivity contribution is 0.0913. The largest absolute Gasteiger partial charge is 0.493 e. The summed E-state index contributed by atoms with van der Waals surface area (Å²) in [7, 11) is 1.51. The van der Waals surface area contributed by atoms with Gasteiger partial charge in [0.2, 0.25) is 0 Å². The van der Waals surface area contributed by atoms with E-state index in [1.807, 2.05) is 0 Å². The Bertz CT molecular complexity index is 674. The van der Waals surface area contributed by atoms with Crippen LogP contribution in [0.1, 0.15) is 23.2 Å². The van der Waals surface area contributed by atoms with Gasteiger partial charge in [-0.2, -0.15) is 0 Å². The zero-order valence-corrected chi connectivity index (χ0v) is 13.5. The second kappa shape index (κ2) is 7.85. The maximum atomic E-state index is 11.8. The molecular formula is C15H17ClN2O5. The molecule has 0 aliphatic heterocycles. The SMILES string of the molecule is COc1cc(Cl)ccc1OCc1cc(C(=O)N[C@@H](C)CO)no1. The number of carbonyl (C=O) groups excluding carboxylic acids is 1. The van der Waals surface area contributed by atoms with Crippen LogP contribution < -0.4 is 14.8 Å². The second-order valence-corrected chi connectivity index (χ2v) is 5.26. The van der Waals surface area contributed by atoms with Crippen LogP contribution in [0.2, 0.25) is 5.02 Å². The number of aliphatic hydroxyl groups excluding tert-OH is 1. The maximum Gasteiger partial charge on any atom is 0.273 e. The zero-order chi connectivity index (χ0) is 16.8. The van der Waals surface area contributed by atoms with E-state index in [0.29, 0.717) is 22.3 Å². The fraction of sp³-hybridized carbons (Fsp3) is 0.333. The number of methoxy groups -OCH3 is 1. The molecule has 2 aromatic rings. The summed E-state index contributed by atoms with van der Waals surface area (Å²) in [5.74, 6) is 0.939. The highest BCUT2D eigenvalue weighted by molar-refractivity contribution is 6.30. The molecule has 2 rings (SSSR count). The summed E-state index contributed by atoms with van der Waals surface area (Å²) in [6, 6.07) is 6.09. The first-order valence-corrected chi connectivity index (χ1v) is 7.25. The molecule has 0 saturated heterocycles. The quantitative estimate of drug-likeness (QED) is 0.801. The van der Waals surface area contributed by atoms with E-state index in [4.69, 9.17) is 30.7 Å². The Balaban J connectivity index is 1.98. The molecule has 7 nitrogen and oxygen atoms in total. The van der Waals surface area contributed by atoms with Gasteiger partial charge in [-0.15, -0.1) is 0 Å². The molecule has 23 heavy (non-hydrogen) atoms. The van der Waals surface area contributed by atoms with E-state index >= 15 is 0 Å². The molecule has 0 aliphatic rings. The van der Waals surface area contributed by atoms with Gasteiger partial charge in [-0.05, 0) is 19.1 Å². The maximum absolute atomic E-state index is 11.8. The van der Waals surface area contributed by atoms with Crippen molar-refractivity contribution in [3.05, 3.63) is 40.7 Å². The Hall–Kier alpha value is -2.25. The molecule has 0 aliphatic carbocycles. The van der Waals surface area contributed by atoms with Crippen molar-refractivity contribution < 1.29 is 23.9 Å². The van der Waals surface area contributed by atoms with Crippen LogP contribution in [0, 0.1) is 0 Å². The Morgan fingerprint density at radius 1 is 1.43 bits per heavy atom. The van der Waals surface area contributed by atoms with Gasteiger partial charge in [0.1, 0.15) is 6.61 Å². The van der Waals surface area contributed by atoms with Crippen molar-refractivity contribution in [1.82, 2.24) is 10.5 Å². The van der Waals surface area contributed by atoms with Gasteiger partial charge in [-0.1, -0.05) is 16.8 Å². The number of hydrogen-bond acceptors (Lipinski definition) is 6. The number of benzene rings is 1. The van der Waals surface area contributed by atoms with Gasteiger partial charge in [-0.25, -0.2) is 0 Å². The van der Waals surface area contributed by atoms with Gasteiger partial charge >= 0.3 is 0 Å². The molecule has 124 valence electrons. The number of aromatic nitrogens is 1. The second-order valence-electron chi connectivity index (χ2n) is 4.82. The van der Waals surface area contributed by atoms with Crippen LogP contribution >= 0.6 is 11.6 Å². The number of ether oxygens (including phenoxy) is 2. The van der Waals surface area contributed by atoms with E-state index in [0.717, 1.165) is 0 Å². The fourth-order valence-electron chi connectivity index (χ4n) is 1.74. The van der Waals surface area contributed by atoms with Crippen LogP contribution in [0.25, 0.3) is 0 Å². The van der Waals surface area contributed by atoms with E-state index in [1.165, 1.54) is 13.2 Å². The normalized spacial score (nSPS) is 11.8. The average molecular weight is 341 g/mol. The smallest absolute Gasteiger partial charge is 0.273 e. The first kappa shape index (κ1) is 17.1. The molecular weight excluding hydrogens is 324 g/mol. The highest BCUT2D eigenvalue weighted by atomic mass is 35.5. The van der Waals surface area contributed by atoms with Crippen molar-refractivity contribution in [3.63, 3.8) is 0 Å². The molecule has 0 fully saturated rings. The number of halogens is 1. The van der Waals surface area contributed by atoms with Gasteiger partial charge in [0.05, 0.1) is 13.7 Å². The van der Waals surface area contributed by atoms with Crippen LogP contribution in [0.4, 0.5) is 0 Å². The van der Waals surface area contributed by atoms with Gasteiger partial charge in [0.25, 0.3) is 5.91 Å². The summed E-state index contributed by atoms with van der Waals surface area (Å²) in [5.41, 5.74) is 0.118. The minimum Gasteiger partial charge on any atom is -0.493 e. The molecule has 0 spiro atoms. The molecule has 1 amide bonds. The number of carbonyl (C=O) groups is 1. The third-order valence-corrected chi connectivity index (χ3v) is 3.17. The minimum absolute atomic E-state index is 0.0772. The average Bonchev–Trinajstić information content (AvgIpc) is 3.02. The van der Waals surface area contributed by atoms with Gasteiger partial charge in [0.15, 0.2) is 23.0 Å². The molecule has 0 unspecified atom stereocenters. The first-order valence-electron chi connectivity index (χ1n) is 6.87. The number of rotatable bonds is 7. The van der Waals surface area contributed by atoms with Crippen LogP contribution in [0.3, 0.4) is 0 Å². The summed E-state index contributed by atoms with van der Waals surface area (Å²) in [6.07, 6.45) is 0. The lowest BCUT2D eigenvalue weighted by atomic mass is 10.3. The van der Waals surface area contributed by atoms with E-state index in [9.17, 15) is 4.79 Å². The van der Waals surface area contributed by atoms with Gasteiger partial charge in [-0.3, -0.25) is 4.79 Å². The summed E-state index contributed by atoms with van der Waals surface area (Å²) in [4.78, 5) is 11.8. The number of hydrogen-bond donors (Lipinski definition) is 2. The first-order chi connectivity index (χ1) is 11.0. The highest BCUT2D eigenvalue weighted by Crippen LogP contribution is 2.30. The Kier molecular flexibility index (Phi) is 5.84. The van der Waals surface area contributed by atoms with Crippen LogP contribution in [0.5, 0.6) is 11.5 Å². The Morgan fingerprint density at radius 2 is 2.22 bits per heavy atom. The van der Waals surface area contributed by atoms with Crippen LogP contribution in [-0.4, -0.2) is 35.9 Å². The monoisotopic (exact) mass is 340 g/mol. The topological polar surface area (TPSA) is 93.8 Å². The Labute approximate surface area is 138 Å². The number of nitrogens with one attached hydrogen (secondary N) is 1. The number of aliphatic hydroxyl groups is 1. The van der Waals surface area contributed by atoms with Crippen molar-refractivity contribution in [1.29, 1.82) is 0 Å². The lowest BCUT2D eigenvalue weighted by Crippen LogP contribution is -2.35. The molecule has 1 heterocycles. The molecule has 1 atom stereocenters. The molecule has 8 heteroatoms. The van der Waals surface area contributed by atoms with E-state index in [-0.39, 0.29) is 24.9 Å². The molecule has 2 N–H and O–H groups in total. The zero-order valence-electron chi connectivity index (χ0n) is 12.7.